The molecule has 1 aromatic rings. The van der Waals surface area contributed by atoms with E-state index in [1.165, 1.54) is 24.8 Å². The van der Waals surface area contributed by atoms with Gasteiger partial charge in [-0.25, -0.2) is 4.79 Å². The summed E-state index contributed by atoms with van der Waals surface area (Å²) in [5, 5.41) is 5.42. The van der Waals surface area contributed by atoms with Crippen LogP contribution in [0.3, 0.4) is 0 Å². The molecule has 4 heteroatoms. The lowest BCUT2D eigenvalue weighted by Crippen LogP contribution is -2.30. The topological polar surface area (TPSA) is 41.1 Å². The second kappa shape index (κ2) is 8.81. The molecule has 1 rings (SSSR count). The summed E-state index contributed by atoms with van der Waals surface area (Å²) in [6, 6.07) is 7.78. The van der Waals surface area contributed by atoms with Crippen LogP contribution in [0.25, 0.3) is 0 Å². The Bertz CT molecular complexity index is 351. The van der Waals surface area contributed by atoms with Crippen molar-refractivity contribution in [2.45, 2.75) is 32.6 Å². The van der Waals surface area contributed by atoms with Gasteiger partial charge in [-0.05, 0) is 30.5 Å². The Morgan fingerprint density at radius 1 is 1.22 bits per heavy atom. The van der Waals surface area contributed by atoms with Gasteiger partial charge in [0.1, 0.15) is 0 Å². The lowest BCUT2D eigenvalue weighted by molar-refractivity contribution is 0.252. The normalized spacial score (nSPS) is 10.1. The molecular formula is C14H21ClN2O. The number of anilines is 1. The molecule has 1 aromatic carbocycles. The summed E-state index contributed by atoms with van der Waals surface area (Å²) in [4.78, 5) is 11.4. The molecule has 2 N–H and O–H groups in total. The minimum absolute atomic E-state index is 0.214. The minimum atomic E-state index is -0.214. The molecule has 0 aliphatic heterocycles. The summed E-state index contributed by atoms with van der Waals surface area (Å²) >= 11 is 5.49. The van der Waals surface area contributed by atoms with E-state index in [2.05, 4.69) is 29.7 Å². The van der Waals surface area contributed by atoms with Gasteiger partial charge in [0.2, 0.25) is 0 Å². The van der Waals surface area contributed by atoms with Crippen LogP contribution < -0.4 is 10.6 Å². The smallest absolute Gasteiger partial charge is 0.319 e. The number of halogens is 1. The highest BCUT2D eigenvalue weighted by Crippen LogP contribution is 2.12. The minimum Gasteiger partial charge on any atom is -0.337 e. The zero-order chi connectivity index (χ0) is 13.2. The first kappa shape index (κ1) is 14.8. The second-order valence-corrected chi connectivity index (χ2v) is 4.60. The molecule has 0 radical (unpaired) electrons. The molecule has 3 nitrogen and oxygen atoms in total. The van der Waals surface area contributed by atoms with Gasteiger partial charge < -0.3 is 10.6 Å². The number of hydrogen-bond donors (Lipinski definition) is 2. The summed E-state index contributed by atoms with van der Waals surface area (Å²) in [5.74, 6) is 0.420. The van der Waals surface area contributed by atoms with Crippen LogP contribution in [0.15, 0.2) is 24.3 Å². The summed E-state index contributed by atoms with van der Waals surface area (Å²) < 4.78 is 0. The van der Waals surface area contributed by atoms with Crippen LogP contribution in [0.4, 0.5) is 10.5 Å². The maximum atomic E-state index is 11.4. The lowest BCUT2D eigenvalue weighted by Gasteiger charge is -2.07. The fourth-order valence-electron chi connectivity index (χ4n) is 1.67. The highest BCUT2D eigenvalue weighted by atomic mass is 35.5. The summed E-state index contributed by atoms with van der Waals surface area (Å²) in [7, 11) is 0. The van der Waals surface area contributed by atoms with E-state index in [0.717, 1.165) is 12.1 Å². The maximum absolute atomic E-state index is 11.4. The SMILES string of the molecule is CCCCCc1ccc(NC(=O)NCCCl)cc1. The van der Waals surface area contributed by atoms with Crippen molar-refractivity contribution in [3.05, 3.63) is 29.8 Å². The van der Waals surface area contributed by atoms with Crippen LogP contribution >= 0.6 is 11.6 Å². The molecule has 0 saturated heterocycles. The van der Waals surface area contributed by atoms with Gasteiger partial charge in [0, 0.05) is 18.1 Å². The monoisotopic (exact) mass is 268 g/mol. The maximum Gasteiger partial charge on any atom is 0.319 e. The number of rotatable bonds is 7. The van der Waals surface area contributed by atoms with E-state index in [1.54, 1.807) is 0 Å². The van der Waals surface area contributed by atoms with Crippen molar-refractivity contribution < 1.29 is 4.79 Å². The van der Waals surface area contributed by atoms with E-state index in [1.807, 2.05) is 12.1 Å². The van der Waals surface area contributed by atoms with Gasteiger partial charge in [0.15, 0.2) is 0 Å². The van der Waals surface area contributed by atoms with Crippen molar-refractivity contribution >= 4 is 23.3 Å². The van der Waals surface area contributed by atoms with Gasteiger partial charge in [0.25, 0.3) is 0 Å². The van der Waals surface area contributed by atoms with Crippen molar-refractivity contribution in [2.75, 3.05) is 17.7 Å². The number of unbranched alkanes of at least 4 members (excludes halogenated alkanes) is 2. The van der Waals surface area contributed by atoms with Crippen molar-refractivity contribution in [3.8, 4) is 0 Å². The van der Waals surface area contributed by atoms with Crippen LogP contribution in [0.2, 0.25) is 0 Å². The van der Waals surface area contributed by atoms with Gasteiger partial charge >= 0.3 is 6.03 Å². The molecule has 0 fully saturated rings. The predicted molar refractivity (Wildman–Crippen MR) is 77.4 cm³/mol. The Kier molecular flexibility index (Phi) is 7.26. The third kappa shape index (κ3) is 5.92. The third-order valence-electron chi connectivity index (χ3n) is 2.66. The first-order chi connectivity index (χ1) is 8.76. The summed E-state index contributed by atoms with van der Waals surface area (Å²) in [5.41, 5.74) is 2.12. The fraction of sp³-hybridized carbons (Fsp3) is 0.500. The molecule has 0 aliphatic rings. The Morgan fingerprint density at radius 2 is 1.94 bits per heavy atom. The number of alkyl halides is 1. The van der Waals surface area contributed by atoms with Gasteiger partial charge in [-0.3, -0.25) is 0 Å². The van der Waals surface area contributed by atoms with Gasteiger partial charge in [0.05, 0.1) is 0 Å². The van der Waals surface area contributed by atoms with Gasteiger partial charge in [-0.15, -0.1) is 11.6 Å². The van der Waals surface area contributed by atoms with Crippen LogP contribution in [-0.2, 0) is 6.42 Å². The quantitative estimate of drug-likeness (QED) is 0.573. The number of carbonyl (C=O) groups excluding carboxylic acids is 1. The molecule has 0 aliphatic carbocycles. The third-order valence-corrected chi connectivity index (χ3v) is 2.85. The largest absolute Gasteiger partial charge is 0.337 e. The van der Waals surface area contributed by atoms with Crippen LogP contribution in [-0.4, -0.2) is 18.5 Å². The number of carbonyl (C=O) groups is 1. The van der Waals surface area contributed by atoms with Crippen LogP contribution in [0.5, 0.6) is 0 Å². The predicted octanol–water partition coefficient (Wildman–Crippen LogP) is 3.78. The number of urea groups is 1. The molecular weight excluding hydrogens is 248 g/mol. The van der Waals surface area contributed by atoms with E-state index in [-0.39, 0.29) is 6.03 Å². The van der Waals surface area contributed by atoms with Gasteiger partial charge in [-0.2, -0.15) is 0 Å². The number of benzene rings is 1. The summed E-state index contributed by atoms with van der Waals surface area (Å²) in [6.45, 7) is 2.68. The standard InChI is InChI=1S/C14H21ClN2O/c1-2-3-4-5-12-6-8-13(9-7-12)17-14(18)16-11-10-15/h6-9H,2-5,10-11H2,1H3,(H2,16,17,18). The molecule has 18 heavy (non-hydrogen) atoms. The Labute approximate surface area is 114 Å². The number of hydrogen-bond acceptors (Lipinski definition) is 1. The van der Waals surface area contributed by atoms with Crippen LogP contribution in [0, 0.1) is 0 Å². The molecule has 0 unspecified atom stereocenters. The highest BCUT2D eigenvalue weighted by Gasteiger charge is 2.00. The van der Waals surface area contributed by atoms with Crippen molar-refractivity contribution in [2.24, 2.45) is 0 Å². The van der Waals surface area contributed by atoms with Crippen molar-refractivity contribution in [1.82, 2.24) is 5.32 Å². The number of aryl methyl sites for hydroxylation is 1. The molecule has 0 spiro atoms. The van der Waals surface area contributed by atoms with E-state index in [0.29, 0.717) is 12.4 Å². The average Bonchev–Trinajstić information content (AvgIpc) is 2.39. The van der Waals surface area contributed by atoms with Gasteiger partial charge in [-0.1, -0.05) is 31.9 Å². The number of amides is 2. The molecule has 0 heterocycles. The molecule has 0 aromatic heterocycles. The molecule has 100 valence electrons. The molecule has 0 bridgehead atoms. The zero-order valence-electron chi connectivity index (χ0n) is 10.8. The Morgan fingerprint density at radius 3 is 2.56 bits per heavy atom. The Hall–Kier alpha value is -1.22. The second-order valence-electron chi connectivity index (χ2n) is 4.22. The van der Waals surface area contributed by atoms with Crippen molar-refractivity contribution in [1.29, 1.82) is 0 Å². The molecule has 0 atom stereocenters. The lowest BCUT2D eigenvalue weighted by atomic mass is 10.1. The van der Waals surface area contributed by atoms with E-state index >= 15 is 0 Å². The van der Waals surface area contributed by atoms with E-state index in [4.69, 9.17) is 11.6 Å². The fourth-order valence-corrected chi connectivity index (χ4v) is 1.76. The first-order valence-electron chi connectivity index (χ1n) is 6.46. The zero-order valence-corrected chi connectivity index (χ0v) is 11.6. The van der Waals surface area contributed by atoms with Crippen LogP contribution in [0.1, 0.15) is 31.7 Å². The summed E-state index contributed by atoms with van der Waals surface area (Å²) in [6.07, 6.45) is 4.83. The van der Waals surface area contributed by atoms with Crippen molar-refractivity contribution in [3.63, 3.8) is 0 Å². The first-order valence-corrected chi connectivity index (χ1v) is 6.99. The highest BCUT2D eigenvalue weighted by molar-refractivity contribution is 6.18. The van der Waals surface area contributed by atoms with E-state index in [9.17, 15) is 4.79 Å². The molecule has 0 saturated carbocycles. The van der Waals surface area contributed by atoms with E-state index < -0.39 is 0 Å². The average molecular weight is 269 g/mol. The number of nitrogens with one attached hydrogen (secondary N) is 2. The molecule has 2 amide bonds. The Balaban J connectivity index is 2.37.